The van der Waals surface area contributed by atoms with Gasteiger partial charge in [-0.05, 0) is 42.2 Å². The van der Waals surface area contributed by atoms with Crippen LogP contribution in [0.25, 0.3) is 0 Å². The SMILES string of the molecule is C/C(=N/NC(=O)[C@@H]1CC1(c1ccccc1)c1ccccc1)c1ccc(F)cc1. The Balaban J connectivity index is 1.56. The summed E-state index contributed by atoms with van der Waals surface area (Å²) in [5.41, 5.74) is 6.08. The molecule has 4 heteroatoms. The van der Waals surface area contributed by atoms with Crippen LogP contribution in [-0.2, 0) is 10.2 Å². The molecule has 1 aliphatic rings. The minimum absolute atomic E-state index is 0.103. The zero-order valence-electron chi connectivity index (χ0n) is 15.6. The molecule has 1 aliphatic carbocycles. The number of hydrogen-bond donors (Lipinski definition) is 1. The summed E-state index contributed by atoms with van der Waals surface area (Å²) in [6.45, 7) is 1.79. The van der Waals surface area contributed by atoms with Crippen LogP contribution in [0.2, 0.25) is 0 Å². The van der Waals surface area contributed by atoms with Crippen molar-refractivity contribution in [3.8, 4) is 0 Å². The molecule has 0 spiro atoms. The van der Waals surface area contributed by atoms with Gasteiger partial charge in [0.2, 0.25) is 5.91 Å². The molecule has 0 unspecified atom stereocenters. The summed E-state index contributed by atoms with van der Waals surface area (Å²) >= 11 is 0. The van der Waals surface area contributed by atoms with Gasteiger partial charge in [-0.25, -0.2) is 9.82 Å². The molecule has 28 heavy (non-hydrogen) atoms. The lowest BCUT2D eigenvalue weighted by Crippen LogP contribution is -2.26. The van der Waals surface area contributed by atoms with E-state index in [4.69, 9.17) is 0 Å². The van der Waals surface area contributed by atoms with E-state index < -0.39 is 0 Å². The standard InChI is InChI=1S/C24H21FN2O/c1-17(18-12-14-21(25)15-13-18)26-27-23(28)22-16-24(22,19-8-4-2-5-9-19)20-10-6-3-7-11-20/h2-15,22H,16H2,1H3,(H,27,28)/b26-17-/t22-/m0/s1. The molecule has 3 aromatic rings. The second-order valence-corrected chi connectivity index (χ2v) is 7.14. The van der Waals surface area contributed by atoms with Gasteiger partial charge in [0, 0.05) is 5.41 Å². The lowest BCUT2D eigenvalue weighted by molar-refractivity contribution is -0.122. The van der Waals surface area contributed by atoms with Gasteiger partial charge in [0.15, 0.2) is 0 Å². The van der Waals surface area contributed by atoms with Crippen molar-refractivity contribution in [3.63, 3.8) is 0 Å². The molecule has 0 heterocycles. The first kappa shape index (κ1) is 18.1. The number of amides is 1. The van der Waals surface area contributed by atoms with E-state index in [-0.39, 0.29) is 23.1 Å². The van der Waals surface area contributed by atoms with E-state index in [0.717, 1.165) is 23.1 Å². The topological polar surface area (TPSA) is 41.5 Å². The van der Waals surface area contributed by atoms with Crippen molar-refractivity contribution in [2.45, 2.75) is 18.8 Å². The van der Waals surface area contributed by atoms with Crippen LogP contribution in [0.3, 0.4) is 0 Å². The Hall–Kier alpha value is -3.27. The van der Waals surface area contributed by atoms with E-state index in [0.29, 0.717) is 5.71 Å². The van der Waals surface area contributed by atoms with Crippen molar-refractivity contribution in [2.24, 2.45) is 11.0 Å². The third-order valence-corrected chi connectivity index (χ3v) is 5.45. The van der Waals surface area contributed by atoms with E-state index >= 15 is 0 Å². The molecular formula is C24H21FN2O. The molecule has 4 rings (SSSR count). The van der Waals surface area contributed by atoms with Crippen LogP contribution >= 0.6 is 0 Å². The number of nitrogens with zero attached hydrogens (tertiary/aromatic N) is 1. The van der Waals surface area contributed by atoms with Crippen LogP contribution in [0.4, 0.5) is 4.39 Å². The zero-order valence-corrected chi connectivity index (χ0v) is 15.6. The molecule has 3 aromatic carbocycles. The summed E-state index contributed by atoms with van der Waals surface area (Å²) < 4.78 is 13.1. The van der Waals surface area contributed by atoms with Crippen LogP contribution in [0.5, 0.6) is 0 Å². The van der Waals surface area contributed by atoms with Crippen LogP contribution in [-0.4, -0.2) is 11.6 Å². The van der Waals surface area contributed by atoms with Gasteiger partial charge >= 0.3 is 0 Å². The van der Waals surface area contributed by atoms with Crippen molar-refractivity contribution in [3.05, 3.63) is 107 Å². The minimum atomic E-state index is -0.314. The van der Waals surface area contributed by atoms with E-state index in [1.807, 2.05) is 36.4 Å². The highest BCUT2D eigenvalue weighted by Gasteiger charge is 2.60. The van der Waals surface area contributed by atoms with Crippen molar-refractivity contribution in [2.75, 3.05) is 0 Å². The number of carbonyl (C=O) groups excluding carboxylic acids is 1. The van der Waals surface area contributed by atoms with Gasteiger partial charge in [-0.3, -0.25) is 4.79 Å². The highest BCUT2D eigenvalue weighted by Crippen LogP contribution is 2.58. The minimum Gasteiger partial charge on any atom is -0.273 e. The summed E-state index contributed by atoms with van der Waals surface area (Å²) in [6.07, 6.45) is 0.748. The number of nitrogens with one attached hydrogen (secondary N) is 1. The predicted octanol–water partition coefficient (Wildman–Crippen LogP) is 4.67. The fourth-order valence-corrected chi connectivity index (χ4v) is 3.83. The molecule has 140 valence electrons. The highest BCUT2D eigenvalue weighted by molar-refractivity contribution is 5.99. The molecule has 1 N–H and O–H groups in total. The lowest BCUT2D eigenvalue weighted by Gasteiger charge is -2.18. The normalized spacial score (nSPS) is 17.8. The molecule has 0 bridgehead atoms. The fourth-order valence-electron chi connectivity index (χ4n) is 3.83. The fraction of sp³-hybridized carbons (Fsp3) is 0.167. The van der Waals surface area contributed by atoms with Crippen LogP contribution in [0, 0.1) is 11.7 Å². The Kier molecular flexibility index (Phi) is 4.78. The van der Waals surface area contributed by atoms with Gasteiger partial charge in [-0.2, -0.15) is 5.10 Å². The van der Waals surface area contributed by atoms with Gasteiger partial charge in [-0.15, -0.1) is 0 Å². The monoisotopic (exact) mass is 372 g/mol. The Bertz CT molecular complexity index is 958. The Labute approximate surface area is 163 Å². The average Bonchev–Trinajstić information content (AvgIpc) is 3.51. The van der Waals surface area contributed by atoms with Gasteiger partial charge in [-0.1, -0.05) is 72.8 Å². The van der Waals surface area contributed by atoms with Gasteiger partial charge in [0.25, 0.3) is 0 Å². The number of hydrogen-bond acceptors (Lipinski definition) is 2. The van der Waals surface area contributed by atoms with E-state index in [1.165, 1.54) is 12.1 Å². The second kappa shape index (κ2) is 7.39. The largest absolute Gasteiger partial charge is 0.273 e. The van der Waals surface area contributed by atoms with E-state index in [2.05, 4.69) is 34.8 Å². The third kappa shape index (κ3) is 3.33. The summed E-state index contributed by atoms with van der Waals surface area (Å²) in [5, 5.41) is 4.23. The van der Waals surface area contributed by atoms with Crippen molar-refractivity contribution in [1.82, 2.24) is 5.43 Å². The van der Waals surface area contributed by atoms with Gasteiger partial charge < -0.3 is 0 Å². The molecule has 0 aliphatic heterocycles. The number of rotatable bonds is 5. The number of carbonyl (C=O) groups is 1. The molecule has 0 radical (unpaired) electrons. The summed E-state index contributed by atoms with van der Waals surface area (Å²) in [7, 11) is 0. The van der Waals surface area contributed by atoms with Crippen molar-refractivity contribution < 1.29 is 9.18 Å². The second-order valence-electron chi connectivity index (χ2n) is 7.14. The molecule has 1 fully saturated rings. The number of halogens is 1. The molecule has 1 atom stereocenters. The molecule has 3 nitrogen and oxygen atoms in total. The molecular weight excluding hydrogens is 351 g/mol. The van der Waals surface area contributed by atoms with Crippen LogP contribution in [0.1, 0.15) is 30.0 Å². The van der Waals surface area contributed by atoms with Gasteiger partial charge in [0.1, 0.15) is 5.82 Å². The molecule has 0 aromatic heterocycles. The first-order valence-electron chi connectivity index (χ1n) is 9.32. The number of benzene rings is 3. The smallest absolute Gasteiger partial charge is 0.244 e. The van der Waals surface area contributed by atoms with Crippen LogP contribution < -0.4 is 5.43 Å². The Morgan fingerprint density at radius 2 is 1.46 bits per heavy atom. The Morgan fingerprint density at radius 1 is 0.929 bits per heavy atom. The van der Waals surface area contributed by atoms with Gasteiger partial charge in [0.05, 0.1) is 11.6 Å². The Morgan fingerprint density at radius 3 is 2.00 bits per heavy atom. The average molecular weight is 372 g/mol. The highest BCUT2D eigenvalue weighted by atomic mass is 19.1. The summed E-state index contributed by atoms with van der Waals surface area (Å²) in [4.78, 5) is 12.9. The first-order chi connectivity index (χ1) is 13.6. The lowest BCUT2D eigenvalue weighted by atomic mass is 9.85. The third-order valence-electron chi connectivity index (χ3n) is 5.45. The summed E-state index contributed by atoms with van der Waals surface area (Å²) in [6, 6.07) is 26.3. The molecule has 0 saturated heterocycles. The molecule has 1 amide bonds. The van der Waals surface area contributed by atoms with Crippen molar-refractivity contribution in [1.29, 1.82) is 0 Å². The quantitative estimate of drug-likeness (QED) is 0.513. The predicted molar refractivity (Wildman–Crippen MR) is 109 cm³/mol. The maximum Gasteiger partial charge on any atom is 0.244 e. The van der Waals surface area contributed by atoms with Crippen LogP contribution in [0.15, 0.2) is 90.0 Å². The number of hydrazone groups is 1. The van der Waals surface area contributed by atoms with Crippen molar-refractivity contribution >= 4 is 11.6 Å². The van der Waals surface area contributed by atoms with E-state index in [9.17, 15) is 9.18 Å². The van der Waals surface area contributed by atoms with E-state index in [1.54, 1.807) is 19.1 Å². The maximum absolute atomic E-state index is 13.1. The summed E-state index contributed by atoms with van der Waals surface area (Å²) in [5.74, 6) is -0.578. The molecule has 1 saturated carbocycles. The first-order valence-corrected chi connectivity index (χ1v) is 9.32. The zero-order chi connectivity index (χ0) is 19.6. The maximum atomic E-state index is 13.1.